The Balaban J connectivity index is 2.00. The van der Waals surface area contributed by atoms with Gasteiger partial charge in [-0.3, -0.25) is 5.43 Å². The second-order valence-electron chi connectivity index (χ2n) is 4.33. The smallest absolute Gasteiger partial charge is 0.209 e. The summed E-state index contributed by atoms with van der Waals surface area (Å²) in [7, 11) is 1.68. The number of hydrazine groups is 1. The van der Waals surface area contributed by atoms with Crippen LogP contribution in [0.25, 0.3) is 0 Å². The molecule has 0 amide bonds. The van der Waals surface area contributed by atoms with Gasteiger partial charge in [-0.2, -0.15) is 11.3 Å². The largest absolute Gasteiger partial charge is 0.383 e. The van der Waals surface area contributed by atoms with Crippen LogP contribution in [0.2, 0.25) is 0 Å². The average molecular weight is 268 g/mol. The number of nitrogens with zero attached hydrogens (tertiary/aromatic N) is 2. The molecule has 0 atom stereocenters. The quantitative estimate of drug-likeness (QED) is 0.267. The summed E-state index contributed by atoms with van der Waals surface area (Å²) >= 11 is 1.72. The van der Waals surface area contributed by atoms with Crippen molar-refractivity contribution in [3.63, 3.8) is 0 Å². The number of hydrogen-bond donors (Lipinski definition) is 2. The van der Waals surface area contributed by atoms with Crippen molar-refractivity contribution < 1.29 is 4.74 Å². The van der Waals surface area contributed by atoms with Gasteiger partial charge in [0.05, 0.1) is 13.2 Å². The number of hydrogen-bond acceptors (Lipinski definition) is 4. The van der Waals surface area contributed by atoms with Gasteiger partial charge in [-0.1, -0.05) is 0 Å². The first-order valence-electron chi connectivity index (χ1n) is 6.13. The van der Waals surface area contributed by atoms with Crippen LogP contribution in [0.5, 0.6) is 0 Å². The first-order valence-corrected chi connectivity index (χ1v) is 7.07. The van der Waals surface area contributed by atoms with E-state index in [1.165, 1.54) is 18.4 Å². The maximum Gasteiger partial charge on any atom is 0.209 e. The molecular formula is C12H20N4OS. The molecule has 0 aliphatic heterocycles. The molecule has 0 spiro atoms. The first kappa shape index (κ1) is 13.3. The van der Waals surface area contributed by atoms with Gasteiger partial charge in [0.2, 0.25) is 5.96 Å². The predicted octanol–water partition coefficient (Wildman–Crippen LogP) is 1.18. The molecule has 6 heteroatoms. The molecule has 0 unspecified atom stereocenters. The molecule has 0 aromatic carbocycles. The molecule has 2 rings (SSSR count). The van der Waals surface area contributed by atoms with E-state index < -0.39 is 0 Å². The zero-order valence-corrected chi connectivity index (χ0v) is 11.4. The lowest BCUT2D eigenvalue weighted by atomic mass is 10.3. The second kappa shape index (κ2) is 6.72. The van der Waals surface area contributed by atoms with E-state index in [4.69, 9.17) is 10.6 Å². The van der Waals surface area contributed by atoms with E-state index in [1.54, 1.807) is 18.4 Å². The highest BCUT2D eigenvalue weighted by molar-refractivity contribution is 7.07. The topological polar surface area (TPSA) is 62.9 Å². The lowest BCUT2D eigenvalue weighted by molar-refractivity contribution is 0.207. The van der Waals surface area contributed by atoms with Crippen molar-refractivity contribution in [3.05, 3.63) is 22.4 Å². The van der Waals surface area contributed by atoms with E-state index in [1.807, 2.05) is 0 Å². The molecule has 3 N–H and O–H groups in total. The number of nitrogens with two attached hydrogens (primary N) is 1. The summed E-state index contributed by atoms with van der Waals surface area (Å²) in [5, 5.41) is 4.26. The van der Waals surface area contributed by atoms with E-state index in [-0.39, 0.29) is 0 Å². The van der Waals surface area contributed by atoms with Crippen LogP contribution in [0.1, 0.15) is 18.4 Å². The second-order valence-corrected chi connectivity index (χ2v) is 5.11. The number of nitrogens with one attached hydrogen (secondary N) is 1. The van der Waals surface area contributed by atoms with E-state index in [0.29, 0.717) is 19.2 Å². The monoisotopic (exact) mass is 268 g/mol. The molecule has 1 aliphatic carbocycles. The molecule has 100 valence electrons. The highest BCUT2D eigenvalue weighted by atomic mass is 32.1. The van der Waals surface area contributed by atoms with Gasteiger partial charge in [0.1, 0.15) is 0 Å². The van der Waals surface area contributed by atoms with Crippen LogP contribution < -0.4 is 11.3 Å². The summed E-state index contributed by atoms with van der Waals surface area (Å²) in [6, 6.07) is 2.71. The van der Waals surface area contributed by atoms with Crippen LogP contribution in [0.3, 0.4) is 0 Å². The zero-order valence-electron chi connectivity index (χ0n) is 10.6. The summed E-state index contributed by atoms with van der Waals surface area (Å²) in [6.07, 6.45) is 2.43. The van der Waals surface area contributed by atoms with Crippen LogP contribution in [-0.2, 0) is 11.3 Å². The summed E-state index contributed by atoms with van der Waals surface area (Å²) in [4.78, 5) is 6.71. The van der Waals surface area contributed by atoms with Gasteiger partial charge in [0, 0.05) is 19.7 Å². The number of thiophene rings is 1. The number of rotatable bonds is 6. The van der Waals surface area contributed by atoms with Crippen LogP contribution >= 0.6 is 11.3 Å². The number of ether oxygens (including phenoxy) is 1. The number of aliphatic imine (C=N–C) groups is 1. The Morgan fingerprint density at radius 3 is 3.06 bits per heavy atom. The Bertz CT molecular complexity index is 375. The highest BCUT2D eigenvalue weighted by Crippen LogP contribution is 2.28. The van der Waals surface area contributed by atoms with Crippen molar-refractivity contribution in [3.8, 4) is 0 Å². The van der Waals surface area contributed by atoms with Gasteiger partial charge in [-0.25, -0.2) is 10.8 Å². The van der Waals surface area contributed by atoms with Crippen molar-refractivity contribution >= 4 is 17.3 Å². The van der Waals surface area contributed by atoms with Gasteiger partial charge in [0.25, 0.3) is 0 Å². The number of methoxy groups -OCH3 is 1. The zero-order chi connectivity index (χ0) is 12.8. The SMILES string of the molecule is COCCN=C(NN)N(Cc1ccsc1)C1CC1. The summed E-state index contributed by atoms with van der Waals surface area (Å²) in [6.45, 7) is 2.11. The van der Waals surface area contributed by atoms with Crippen LogP contribution in [0.15, 0.2) is 21.8 Å². The molecule has 0 radical (unpaired) electrons. The third kappa shape index (κ3) is 3.69. The predicted molar refractivity (Wildman–Crippen MR) is 74.4 cm³/mol. The lowest BCUT2D eigenvalue weighted by Gasteiger charge is -2.25. The highest BCUT2D eigenvalue weighted by Gasteiger charge is 2.31. The molecule has 1 heterocycles. The lowest BCUT2D eigenvalue weighted by Crippen LogP contribution is -2.45. The van der Waals surface area contributed by atoms with Gasteiger partial charge in [0.15, 0.2) is 0 Å². The van der Waals surface area contributed by atoms with Gasteiger partial charge in [-0.15, -0.1) is 0 Å². The summed E-state index contributed by atoms with van der Waals surface area (Å²) < 4.78 is 5.01. The maximum absolute atomic E-state index is 5.59. The fraction of sp³-hybridized carbons (Fsp3) is 0.583. The molecule has 1 fully saturated rings. The van der Waals surface area contributed by atoms with Gasteiger partial charge in [-0.05, 0) is 35.2 Å². The Kier molecular flexibility index (Phi) is 4.98. The normalized spacial score (nSPS) is 15.8. The summed E-state index contributed by atoms with van der Waals surface area (Å²) in [5.74, 6) is 6.35. The third-order valence-corrected chi connectivity index (χ3v) is 3.61. The first-order chi connectivity index (χ1) is 8.85. The molecule has 1 saturated carbocycles. The Hall–Kier alpha value is -1.11. The minimum Gasteiger partial charge on any atom is -0.383 e. The standard InChI is InChI=1S/C12H20N4OS/c1-17-6-5-14-12(15-13)16(11-2-3-11)8-10-4-7-18-9-10/h4,7,9,11H,2-3,5-6,8,13H2,1H3,(H,14,15). The maximum atomic E-state index is 5.59. The number of guanidine groups is 1. The fourth-order valence-corrected chi connectivity index (χ4v) is 2.46. The molecule has 1 aromatic heterocycles. The Morgan fingerprint density at radius 1 is 1.67 bits per heavy atom. The van der Waals surface area contributed by atoms with E-state index in [2.05, 4.69) is 32.1 Å². The molecule has 5 nitrogen and oxygen atoms in total. The van der Waals surface area contributed by atoms with Crippen molar-refractivity contribution in [2.45, 2.75) is 25.4 Å². The van der Waals surface area contributed by atoms with Crippen LogP contribution in [-0.4, -0.2) is 37.2 Å². The average Bonchev–Trinajstić information content (AvgIpc) is 3.10. The molecule has 18 heavy (non-hydrogen) atoms. The van der Waals surface area contributed by atoms with Crippen LogP contribution in [0.4, 0.5) is 0 Å². The molecular weight excluding hydrogens is 248 g/mol. The van der Waals surface area contributed by atoms with Gasteiger partial charge < -0.3 is 9.64 Å². The van der Waals surface area contributed by atoms with E-state index >= 15 is 0 Å². The van der Waals surface area contributed by atoms with Crippen molar-refractivity contribution in [1.82, 2.24) is 10.3 Å². The Labute approximate surface area is 112 Å². The van der Waals surface area contributed by atoms with Gasteiger partial charge >= 0.3 is 0 Å². The molecule has 1 aliphatic rings. The molecule has 0 saturated heterocycles. The minimum atomic E-state index is 0.572. The van der Waals surface area contributed by atoms with Crippen molar-refractivity contribution in [2.24, 2.45) is 10.8 Å². The molecule has 0 bridgehead atoms. The Morgan fingerprint density at radius 2 is 2.50 bits per heavy atom. The molecule has 1 aromatic rings. The summed E-state index contributed by atoms with van der Waals surface area (Å²) in [5.41, 5.74) is 4.03. The van der Waals surface area contributed by atoms with E-state index in [9.17, 15) is 0 Å². The van der Waals surface area contributed by atoms with Crippen molar-refractivity contribution in [1.29, 1.82) is 0 Å². The van der Waals surface area contributed by atoms with Crippen molar-refractivity contribution in [2.75, 3.05) is 20.3 Å². The third-order valence-electron chi connectivity index (χ3n) is 2.88. The van der Waals surface area contributed by atoms with Crippen LogP contribution in [0, 0.1) is 0 Å². The fourth-order valence-electron chi connectivity index (χ4n) is 1.80. The minimum absolute atomic E-state index is 0.572. The van der Waals surface area contributed by atoms with E-state index in [0.717, 1.165) is 12.5 Å².